The normalized spacial score (nSPS) is 16.9. The molecule has 1 aliphatic heterocycles. The maximum absolute atomic E-state index is 11.8. The molecule has 5 nitrogen and oxygen atoms in total. The largest absolute Gasteiger partial charge is 0.494 e. The van der Waals surface area contributed by atoms with E-state index in [4.69, 9.17) is 15.2 Å². The molecule has 2 N–H and O–H groups in total. The molecule has 1 amide bonds. The summed E-state index contributed by atoms with van der Waals surface area (Å²) in [6.45, 7) is 4.47. The summed E-state index contributed by atoms with van der Waals surface area (Å²) in [6, 6.07) is 15.5. The van der Waals surface area contributed by atoms with E-state index in [0.717, 1.165) is 18.0 Å². The summed E-state index contributed by atoms with van der Waals surface area (Å²) in [7, 11) is 0. The Kier molecular flexibility index (Phi) is 5.56. The molecule has 3 rings (SSSR count). The van der Waals surface area contributed by atoms with Crippen molar-refractivity contribution in [2.45, 2.75) is 25.9 Å². The van der Waals surface area contributed by atoms with Gasteiger partial charge in [-0.15, -0.1) is 0 Å². The molecule has 2 aromatic carbocycles. The molecule has 0 spiro atoms. The summed E-state index contributed by atoms with van der Waals surface area (Å²) in [5.74, 6) is 1.34. The van der Waals surface area contributed by atoms with E-state index in [9.17, 15) is 4.79 Å². The molecule has 1 atom stereocenters. The van der Waals surface area contributed by atoms with E-state index in [0.29, 0.717) is 26.2 Å². The fraction of sp³-hybridized carbons (Fsp3) is 0.350. The minimum atomic E-state index is -0.282. The topological polar surface area (TPSA) is 64.8 Å². The van der Waals surface area contributed by atoms with E-state index in [1.165, 1.54) is 11.1 Å². The van der Waals surface area contributed by atoms with E-state index >= 15 is 0 Å². The Balaban J connectivity index is 1.58. The number of primary amides is 1. The van der Waals surface area contributed by atoms with E-state index in [1.54, 1.807) is 0 Å². The quantitative estimate of drug-likeness (QED) is 0.840. The van der Waals surface area contributed by atoms with Gasteiger partial charge in [-0.25, -0.2) is 0 Å². The Labute approximate surface area is 148 Å². The smallest absolute Gasteiger partial charge is 0.235 e. The molecular formula is C20H24N2O3. The maximum atomic E-state index is 11.8. The molecule has 25 heavy (non-hydrogen) atoms. The highest BCUT2D eigenvalue weighted by Crippen LogP contribution is 2.23. The van der Waals surface area contributed by atoms with Crippen LogP contribution in [-0.2, 0) is 17.8 Å². The lowest BCUT2D eigenvalue weighted by Crippen LogP contribution is -2.49. The Bertz CT molecular complexity index is 715. The van der Waals surface area contributed by atoms with Crippen LogP contribution in [0.5, 0.6) is 11.5 Å². The SMILES string of the molecule is CCOc1ccc(OCCN2Cc3ccccc3CC2C(N)=O)cc1. The number of hydrogen-bond acceptors (Lipinski definition) is 4. The predicted octanol–water partition coefficient (Wildman–Crippen LogP) is 2.38. The number of amides is 1. The van der Waals surface area contributed by atoms with Crippen molar-refractivity contribution in [3.8, 4) is 11.5 Å². The summed E-state index contributed by atoms with van der Waals surface area (Å²) in [5, 5.41) is 0. The van der Waals surface area contributed by atoms with E-state index in [1.807, 2.05) is 43.3 Å². The average molecular weight is 340 g/mol. The summed E-state index contributed by atoms with van der Waals surface area (Å²) in [4.78, 5) is 13.9. The Morgan fingerprint density at radius 1 is 1.08 bits per heavy atom. The average Bonchev–Trinajstić information content (AvgIpc) is 2.62. The minimum absolute atomic E-state index is 0.279. The highest BCUT2D eigenvalue weighted by Gasteiger charge is 2.29. The molecule has 0 saturated heterocycles. The fourth-order valence-corrected chi connectivity index (χ4v) is 3.17. The third-order valence-corrected chi connectivity index (χ3v) is 4.46. The van der Waals surface area contributed by atoms with Crippen LogP contribution < -0.4 is 15.2 Å². The van der Waals surface area contributed by atoms with Crippen molar-refractivity contribution in [1.29, 1.82) is 0 Å². The Hall–Kier alpha value is -2.53. The monoisotopic (exact) mass is 340 g/mol. The first kappa shape index (κ1) is 17.3. The van der Waals surface area contributed by atoms with Crippen molar-refractivity contribution in [3.05, 3.63) is 59.7 Å². The molecule has 0 radical (unpaired) electrons. The lowest BCUT2D eigenvalue weighted by atomic mass is 9.93. The predicted molar refractivity (Wildman–Crippen MR) is 96.6 cm³/mol. The number of carbonyl (C=O) groups excluding carboxylic acids is 1. The number of rotatable bonds is 7. The fourth-order valence-electron chi connectivity index (χ4n) is 3.17. The van der Waals surface area contributed by atoms with Gasteiger partial charge >= 0.3 is 0 Å². The van der Waals surface area contributed by atoms with E-state index < -0.39 is 0 Å². The van der Waals surface area contributed by atoms with Gasteiger partial charge in [-0.2, -0.15) is 0 Å². The minimum Gasteiger partial charge on any atom is -0.494 e. The number of ether oxygens (including phenoxy) is 2. The van der Waals surface area contributed by atoms with Crippen molar-refractivity contribution in [1.82, 2.24) is 4.90 Å². The molecule has 0 aliphatic carbocycles. The van der Waals surface area contributed by atoms with E-state index in [-0.39, 0.29) is 11.9 Å². The number of hydrogen-bond donors (Lipinski definition) is 1. The zero-order valence-electron chi connectivity index (χ0n) is 14.5. The van der Waals surface area contributed by atoms with Crippen LogP contribution in [0.1, 0.15) is 18.1 Å². The van der Waals surface area contributed by atoms with Crippen LogP contribution in [-0.4, -0.2) is 36.6 Å². The maximum Gasteiger partial charge on any atom is 0.235 e. The van der Waals surface area contributed by atoms with Gasteiger partial charge < -0.3 is 15.2 Å². The van der Waals surface area contributed by atoms with Gasteiger partial charge in [-0.1, -0.05) is 24.3 Å². The molecule has 1 heterocycles. The van der Waals surface area contributed by atoms with Crippen molar-refractivity contribution < 1.29 is 14.3 Å². The van der Waals surface area contributed by atoms with Crippen LogP contribution >= 0.6 is 0 Å². The number of nitrogens with two attached hydrogens (primary N) is 1. The van der Waals surface area contributed by atoms with Crippen LogP contribution in [0.4, 0.5) is 0 Å². The molecule has 2 aromatic rings. The van der Waals surface area contributed by atoms with Crippen molar-refractivity contribution in [2.24, 2.45) is 5.73 Å². The first-order valence-electron chi connectivity index (χ1n) is 8.63. The van der Waals surface area contributed by atoms with Crippen LogP contribution in [0.2, 0.25) is 0 Å². The second kappa shape index (κ2) is 8.03. The molecule has 1 unspecified atom stereocenters. The lowest BCUT2D eigenvalue weighted by Gasteiger charge is -2.34. The standard InChI is InChI=1S/C20H24N2O3/c1-2-24-17-7-9-18(10-8-17)25-12-11-22-14-16-6-4-3-5-15(16)13-19(22)20(21)23/h3-10,19H,2,11-14H2,1H3,(H2,21,23). The van der Waals surface area contributed by atoms with Crippen molar-refractivity contribution in [2.75, 3.05) is 19.8 Å². The first-order chi connectivity index (χ1) is 12.2. The van der Waals surface area contributed by atoms with Gasteiger partial charge in [0.05, 0.1) is 12.6 Å². The highest BCUT2D eigenvalue weighted by molar-refractivity contribution is 5.80. The van der Waals surface area contributed by atoms with Gasteiger partial charge in [-0.05, 0) is 48.7 Å². The zero-order chi connectivity index (χ0) is 17.6. The number of benzene rings is 2. The molecular weight excluding hydrogens is 316 g/mol. The van der Waals surface area contributed by atoms with Gasteiger partial charge in [0, 0.05) is 13.1 Å². The molecule has 132 valence electrons. The summed E-state index contributed by atoms with van der Waals surface area (Å²) in [5.41, 5.74) is 8.06. The van der Waals surface area contributed by atoms with E-state index in [2.05, 4.69) is 17.0 Å². The van der Waals surface area contributed by atoms with Gasteiger partial charge in [0.25, 0.3) is 0 Å². The molecule has 5 heteroatoms. The number of carbonyl (C=O) groups is 1. The Morgan fingerprint density at radius 2 is 1.72 bits per heavy atom. The summed E-state index contributed by atoms with van der Waals surface area (Å²) in [6.07, 6.45) is 0.661. The summed E-state index contributed by atoms with van der Waals surface area (Å²) >= 11 is 0. The van der Waals surface area contributed by atoms with Gasteiger partial charge in [0.15, 0.2) is 0 Å². The molecule has 0 saturated carbocycles. The number of fused-ring (bicyclic) bond motifs is 1. The molecule has 0 bridgehead atoms. The van der Waals surface area contributed by atoms with Crippen LogP contribution in [0.25, 0.3) is 0 Å². The first-order valence-corrected chi connectivity index (χ1v) is 8.63. The number of nitrogens with zero attached hydrogens (tertiary/aromatic N) is 1. The molecule has 0 fully saturated rings. The zero-order valence-corrected chi connectivity index (χ0v) is 14.5. The van der Waals surface area contributed by atoms with Crippen LogP contribution in [0.3, 0.4) is 0 Å². The Morgan fingerprint density at radius 3 is 2.36 bits per heavy atom. The lowest BCUT2D eigenvalue weighted by molar-refractivity contribution is -0.123. The third kappa shape index (κ3) is 4.31. The third-order valence-electron chi connectivity index (χ3n) is 4.46. The van der Waals surface area contributed by atoms with Crippen molar-refractivity contribution >= 4 is 5.91 Å². The second-order valence-electron chi connectivity index (χ2n) is 6.11. The van der Waals surface area contributed by atoms with Crippen LogP contribution in [0, 0.1) is 0 Å². The van der Waals surface area contributed by atoms with Crippen molar-refractivity contribution in [3.63, 3.8) is 0 Å². The summed E-state index contributed by atoms with van der Waals surface area (Å²) < 4.78 is 11.2. The highest BCUT2D eigenvalue weighted by atomic mass is 16.5. The second-order valence-corrected chi connectivity index (χ2v) is 6.11. The molecule has 1 aliphatic rings. The van der Waals surface area contributed by atoms with Gasteiger partial charge in [0.2, 0.25) is 5.91 Å². The van der Waals surface area contributed by atoms with Gasteiger partial charge in [-0.3, -0.25) is 9.69 Å². The molecule has 0 aromatic heterocycles. The van der Waals surface area contributed by atoms with Crippen LogP contribution in [0.15, 0.2) is 48.5 Å². The van der Waals surface area contributed by atoms with Gasteiger partial charge in [0.1, 0.15) is 18.1 Å².